The van der Waals surface area contributed by atoms with Gasteiger partial charge in [-0.25, -0.2) is 0 Å². The second-order valence-electron chi connectivity index (χ2n) is 3.14. The van der Waals surface area contributed by atoms with E-state index in [-0.39, 0.29) is 6.61 Å². The van der Waals surface area contributed by atoms with Crippen molar-refractivity contribution in [1.29, 1.82) is 0 Å². The number of thioether (sulfide) groups is 1. The lowest BCUT2D eigenvalue weighted by Crippen LogP contribution is -1.94. The molecule has 1 unspecified atom stereocenters. The molecule has 0 bridgehead atoms. The molecule has 78 valence electrons. The van der Waals surface area contributed by atoms with Crippen molar-refractivity contribution in [2.45, 2.75) is 24.3 Å². The Morgan fingerprint density at radius 1 is 1.36 bits per heavy atom. The molecule has 0 saturated heterocycles. The van der Waals surface area contributed by atoms with Crippen molar-refractivity contribution in [3.63, 3.8) is 0 Å². The van der Waals surface area contributed by atoms with Crippen molar-refractivity contribution in [3.05, 3.63) is 29.8 Å². The van der Waals surface area contributed by atoms with Gasteiger partial charge in [-0.1, -0.05) is 18.2 Å². The first-order valence-electron chi connectivity index (χ1n) is 4.76. The van der Waals surface area contributed by atoms with Crippen molar-refractivity contribution >= 4 is 11.8 Å². The van der Waals surface area contributed by atoms with E-state index in [1.165, 1.54) is 0 Å². The average Bonchev–Trinajstić information content (AvgIpc) is 2.19. The van der Waals surface area contributed by atoms with Crippen LogP contribution in [0.2, 0.25) is 0 Å². The molecule has 2 nitrogen and oxygen atoms in total. The Morgan fingerprint density at radius 3 is 2.71 bits per heavy atom. The van der Waals surface area contributed by atoms with Crippen LogP contribution in [0.25, 0.3) is 0 Å². The maximum Gasteiger partial charge on any atom is 0.0772 e. The topological polar surface area (TPSA) is 40.5 Å². The van der Waals surface area contributed by atoms with Crippen molar-refractivity contribution in [2.24, 2.45) is 0 Å². The third-order valence-corrected chi connectivity index (χ3v) is 3.10. The van der Waals surface area contributed by atoms with Gasteiger partial charge in [0.05, 0.1) is 6.10 Å². The maximum absolute atomic E-state index is 9.50. The lowest BCUT2D eigenvalue weighted by atomic mass is 10.1. The Balaban J connectivity index is 2.64. The maximum atomic E-state index is 9.50. The van der Waals surface area contributed by atoms with E-state index < -0.39 is 6.10 Å². The van der Waals surface area contributed by atoms with E-state index in [0.717, 1.165) is 22.6 Å². The highest BCUT2D eigenvalue weighted by atomic mass is 32.2. The smallest absolute Gasteiger partial charge is 0.0772 e. The summed E-state index contributed by atoms with van der Waals surface area (Å²) >= 11 is 1.68. The average molecular weight is 212 g/mol. The number of rotatable bonds is 5. The molecular formula is C11H16O2S. The molecule has 0 spiro atoms. The largest absolute Gasteiger partial charge is 0.396 e. The number of hydrogen-bond donors (Lipinski definition) is 2. The van der Waals surface area contributed by atoms with Gasteiger partial charge in [0, 0.05) is 17.3 Å². The minimum atomic E-state index is -0.423. The Bertz CT molecular complexity index is 274. The lowest BCUT2D eigenvalue weighted by molar-refractivity contribution is 0.196. The lowest BCUT2D eigenvalue weighted by Gasteiger charge is -2.10. The van der Waals surface area contributed by atoms with Crippen LogP contribution in [0, 0.1) is 0 Å². The molecule has 0 radical (unpaired) electrons. The van der Waals surface area contributed by atoms with E-state index in [0.29, 0.717) is 0 Å². The summed E-state index contributed by atoms with van der Waals surface area (Å²) in [5, 5.41) is 18.2. The van der Waals surface area contributed by atoms with Crippen molar-refractivity contribution in [3.8, 4) is 0 Å². The quantitative estimate of drug-likeness (QED) is 0.581. The van der Waals surface area contributed by atoms with Crippen LogP contribution in [0.15, 0.2) is 29.2 Å². The van der Waals surface area contributed by atoms with E-state index >= 15 is 0 Å². The predicted octanol–water partition coefficient (Wildman–Crippen LogP) is 2.21. The molecule has 0 aromatic heterocycles. The highest BCUT2D eigenvalue weighted by Crippen LogP contribution is 2.27. The van der Waals surface area contributed by atoms with Crippen molar-refractivity contribution < 1.29 is 10.2 Å². The molecule has 1 atom stereocenters. The molecule has 1 rings (SSSR count). The summed E-state index contributed by atoms with van der Waals surface area (Å²) < 4.78 is 0. The monoisotopic (exact) mass is 212 g/mol. The van der Waals surface area contributed by atoms with E-state index in [1.807, 2.05) is 24.3 Å². The molecule has 0 heterocycles. The van der Waals surface area contributed by atoms with E-state index in [1.54, 1.807) is 18.7 Å². The Hall–Kier alpha value is -0.510. The summed E-state index contributed by atoms with van der Waals surface area (Å²) in [6.07, 6.45) is 0.367. The normalized spacial score (nSPS) is 12.8. The molecule has 0 saturated carbocycles. The van der Waals surface area contributed by atoms with Crippen molar-refractivity contribution in [1.82, 2.24) is 0 Å². The van der Waals surface area contributed by atoms with Crippen LogP contribution in [0.5, 0.6) is 0 Å². The summed E-state index contributed by atoms with van der Waals surface area (Å²) in [5.74, 6) is 0.889. The highest BCUT2D eigenvalue weighted by Gasteiger charge is 2.06. The van der Waals surface area contributed by atoms with Crippen molar-refractivity contribution in [2.75, 3.05) is 12.4 Å². The van der Waals surface area contributed by atoms with Crippen LogP contribution in [0.4, 0.5) is 0 Å². The Labute approximate surface area is 89.0 Å². The molecule has 1 aromatic carbocycles. The standard InChI is InChI=1S/C11H16O2S/c1-9(13)10-5-2-3-6-11(10)14-8-4-7-12/h2-3,5-6,9,12-13H,4,7-8H2,1H3. The van der Waals surface area contributed by atoms with Crippen LogP contribution in [-0.4, -0.2) is 22.6 Å². The molecular weight excluding hydrogens is 196 g/mol. The first kappa shape index (κ1) is 11.6. The fourth-order valence-corrected chi connectivity index (χ4v) is 2.28. The zero-order valence-electron chi connectivity index (χ0n) is 8.31. The van der Waals surface area contributed by atoms with Gasteiger partial charge in [-0.05, 0) is 25.0 Å². The highest BCUT2D eigenvalue weighted by molar-refractivity contribution is 7.99. The Kier molecular flexibility index (Phi) is 5.01. The first-order chi connectivity index (χ1) is 6.75. The zero-order chi connectivity index (χ0) is 10.4. The number of aliphatic hydroxyl groups is 2. The summed E-state index contributed by atoms with van der Waals surface area (Å²) in [7, 11) is 0. The summed E-state index contributed by atoms with van der Waals surface area (Å²) in [4.78, 5) is 1.11. The summed E-state index contributed by atoms with van der Waals surface area (Å²) in [6, 6.07) is 7.83. The molecule has 1 aromatic rings. The number of hydrogen-bond acceptors (Lipinski definition) is 3. The molecule has 0 aliphatic rings. The SMILES string of the molecule is CC(O)c1ccccc1SCCCO. The van der Waals surface area contributed by atoms with Crippen LogP contribution in [0.1, 0.15) is 25.0 Å². The third kappa shape index (κ3) is 3.33. The minimum absolute atomic E-state index is 0.226. The van der Waals surface area contributed by atoms with E-state index in [9.17, 15) is 5.11 Å². The van der Waals surface area contributed by atoms with Crippen LogP contribution >= 0.6 is 11.8 Å². The van der Waals surface area contributed by atoms with Crippen LogP contribution < -0.4 is 0 Å². The van der Waals surface area contributed by atoms with Gasteiger partial charge in [0.1, 0.15) is 0 Å². The van der Waals surface area contributed by atoms with Gasteiger partial charge in [0.25, 0.3) is 0 Å². The zero-order valence-corrected chi connectivity index (χ0v) is 9.13. The number of benzene rings is 1. The van der Waals surface area contributed by atoms with Crippen LogP contribution in [-0.2, 0) is 0 Å². The van der Waals surface area contributed by atoms with Gasteiger partial charge < -0.3 is 10.2 Å². The Morgan fingerprint density at radius 2 is 2.07 bits per heavy atom. The number of aliphatic hydroxyl groups excluding tert-OH is 2. The molecule has 0 aliphatic heterocycles. The van der Waals surface area contributed by atoms with Gasteiger partial charge in [0.2, 0.25) is 0 Å². The molecule has 14 heavy (non-hydrogen) atoms. The summed E-state index contributed by atoms with van der Waals surface area (Å²) in [6.45, 7) is 2.00. The predicted molar refractivity (Wildman–Crippen MR) is 59.5 cm³/mol. The molecule has 0 amide bonds. The summed E-state index contributed by atoms with van der Waals surface area (Å²) in [5.41, 5.74) is 0.968. The fraction of sp³-hybridized carbons (Fsp3) is 0.455. The first-order valence-corrected chi connectivity index (χ1v) is 5.75. The molecule has 0 aliphatic carbocycles. The molecule has 3 heteroatoms. The van der Waals surface area contributed by atoms with Gasteiger partial charge in [0.15, 0.2) is 0 Å². The van der Waals surface area contributed by atoms with Gasteiger partial charge >= 0.3 is 0 Å². The van der Waals surface area contributed by atoms with Gasteiger partial charge in [-0.3, -0.25) is 0 Å². The molecule has 2 N–H and O–H groups in total. The molecule has 0 fully saturated rings. The minimum Gasteiger partial charge on any atom is -0.396 e. The third-order valence-electron chi connectivity index (χ3n) is 1.93. The van der Waals surface area contributed by atoms with Gasteiger partial charge in [-0.2, -0.15) is 0 Å². The van der Waals surface area contributed by atoms with E-state index in [4.69, 9.17) is 5.11 Å². The van der Waals surface area contributed by atoms with Gasteiger partial charge in [-0.15, -0.1) is 11.8 Å². The van der Waals surface area contributed by atoms with E-state index in [2.05, 4.69) is 0 Å². The second kappa shape index (κ2) is 6.06. The second-order valence-corrected chi connectivity index (χ2v) is 4.28. The fourth-order valence-electron chi connectivity index (χ4n) is 1.20. The van der Waals surface area contributed by atoms with Crippen LogP contribution in [0.3, 0.4) is 0 Å².